The maximum absolute atomic E-state index is 4.48. The van der Waals surface area contributed by atoms with Gasteiger partial charge in [-0.15, -0.1) is 0 Å². The summed E-state index contributed by atoms with van der Waals surface area (Å²) in [6.45, 7) is 8.57. The zero-order chi connectivity index (χ0) is 18.1. The van der Waals surface area contributed by atoms with Crippen molar-refractivity contribution in [3.63, 3.8) is 0 Å². The smallest absolute Gasteiger partial charge is 0.0597 e. The summed E-state index contributed by atoms with van der Waals surface area (Å²) < 4.78 is 5.89. The molecule has 134 valence electrons. The van der Waals surface area contributed by atoms with E-state index >= 15 is 0 Å². The third-order valence-electron chi connectivity index (χ3n) is 4.45. The van der Waals surface area contributed by atoms with E-state index in [0.717, 1.165) is 36.7 Å². The van der Waals surface area contributed by atoms with Crippen LogP contribution in [0.3, 0.4) is 0 Å². The predicted molar refractivity (Wildman–Crippen MR) is 96.8 cm³/mol. The fourth-order valence-corrected chi connectivity index (χ4v) is 3.29. The molecule has 0 fully saturated rings. The molecule has 0 saturated carbocycles. The third-order valence-corrected chi connectivity index (χ3v) is 4.45. The van der Waals surface area contributed by atoms with Gasteiger partial charge in [0.1, 0.15) is 0 Å². The van der Waals surface area contributed by atoms with Crippen LogP contribution in [-0.4, -0.2) is 34.2 Å². The summed E-state index contributed by atoms with van der Waals surface area (Å²) >= 11 is 0. The Kier molecular flexibility index (Phi) is 4.76. The molecule has 0 saturated heterocycles. The lowest BCUT2D eigenvalue weighted by Gasteiger charge is -2.22. The van der Waals surface area contributed by atoms with Crippen molar-refractivity contribution in [1.82, 2.24) is 34.2 Å². The second kappa shape index (κ2) is 6.84. The normalized spacial score (nSPS) is 11.6. The molecule has 0 aromatic carbocycles. The van der Waals surface area contributed by atoms with Crippen molar-refractivity contribution in [2.45, 2.75) is 40.4 Å². The van der Waals surface area contributed by atoms with Gasteiger partial charge in [0.2, 0.25) is 0 Å². The summed E-state index contributed by atoms with van der Waals surface area (Å²) in [5.41, 5.74) is 6.75. The van der Waals surface area contributed by atoms with E-state index in [2.05, 4.69) is 38.4 Å². The molecule has 3 aromatic rings. The van der Waals surface area contributed by atoms with Crippen molar-refractivity contribution >= 4 is 0 Å². The molecule has 3 aromatic heterocycles. The molecule has 0 aliphatic carbocycles. The van der Waals surface area contributed by atoms with Crippen LogP contribution >= 0.6 is 0 Å². The maximum Gasteiger partial charge on any atom is 0.0597 e. The summed E-state index contributed by atoms with van der Waals surface area (Å²) in [5.74, 6) is 0. The van der Waals surface area contributed by atoms with E-state index in [9.17, 15) is 0 Å². The average Bonchev–Trinajstić information content (AvgIpc) is 3.10. The second-order valence-electron chi connectivity index (χ2n) is 6.85. The lowest BCUT2D eigenvalue weighted by atomic mass is 10.2. The molecule has 0 aliphatic heterocycles. The number of nitrogens with zero attached hydrogens (tertiary/aromatic N) is 7. The van der Waals surface area contributed by atoms with E-state index < -0.39 is 0 Å². The summed E-state index contributed by atoms with van der Waals surface area (Å²) in [4.78, 5) is 2.41. The van der Waals surface area contributed by atoms with Gasteiger partial charge in [-0.25, -0.2) is 0 Å². The highest BCUT2D eigenvalue weighted by Gasteiger charge is 2.15. The molecule has 0 amide bonds. The molecule has 0 N–H and O–H groups in total. The van der Waals surface area contributed by atoms with Gasteiger partial charge < -0.3 is 0 Å². The number of hydrogen-bond donors (Lipinski definition) is 0. The zero-order valence-electron chi connectivity index (χ0n) is 16.0. The number of rotatable bonds is 6. The molecule has 3 rings (SSSR count). The number of hydrogen-bond acceptors (Lipinski definition) is 4. The standard InChI is InChI=1S/C18H27N7/c1-13-7-16(22(4)19-13)10-25(11-17-8-14(2)20-23(17)5)12-18-9-15(3)21-24(18)6/h7-9H,10-12H2,1-6H3. The molecular formula is C18H27N7. The number of aromatic nitrogens is 6. The fourth-order valence-electron chi connectivity index (χ4n) is 3.29. The minimum absolute atomic E-state index is 0.825. The fraction of sp³-hybridized carbons (Fsp3) is 0.500. The molecule has 0 spiro atoms. The first-order chi connectivity index (χ1) is 11.8. The van der Waals surface area contributed by atoms with E-state index in [0.29, 0.717) is 0 Å². The molecule has 0 unspecified atom stereocenters. The number of aryl methyl sites for hydroxylation is 6. The Morgan fingerprint density at radius 1 is 0.640 bits per heavy atom. The Balaban J connectivity index is 1.85. The molecule has 0 radical (unpaired) electrons. The van der Waals surface area contributed by atoms with Gasteiger partial charge in [-0.3, -0.25) is 18.9 Å². The van der Waals surface area contributed by atoms with Crippen molar-refractivity contribution in [1.29, 1.82) is 0 Å². The predicted octanol–water partition coefficient (Wildman–Crippen LogP) is 2.01. The van der Waals surface area contributed by atoms with Crippen molar-refractivity contribution in [3.05, 3.63) is 52.4 Å². The first-order valence-corrected chi connectivity index (χ1v) is 8.52. The quantitative estimate of drug-likeness (QED) is 0.688. The van der Waals surface area contributed by atoms with Crippen molar-refractivity contribution in [3.8, 4) is 0 Å². The first-order valence-electron chi connectivity index (χ1n) is 8.52. The van der Waals surface area contributed by atoms with Crippen LogP contribution in [0.4, 0.5) is 0 Å². The molecular weight excluding hydrogens is 314 g/mol. The molecule has 3 heterocycles. The summed E-state index contributed by atoms with van der Waals surface area (Å²) in [7, 11) is 6.01. The molecule has 0 aliphatic rings. The van der Waals surface area contributed by atoms with Crippen molar-refractivity contribution in [2.75, 3.05) is 0 Å². The summed E-state index contributed by atoms with van der Waals surface area (Å²) in [5, 5.41) is 13.4. The highest BCUT2D eigenvalue weighted by Crippen LogP contribution is 2.15. The second-order valence-corrected chi connectivity index (χ2v) is 6.85. The van der Waals surface area contributed by atoms with Crippen LogP contribution in [0.25, 0.3) is 0 Å². The van der Waals surface area contributed by atoms with Gasteiger partial charge in [0.05, 0.1) is 34.2 Å². The van der Waals surface area contributed by atoms with Crippen molar-refractivity contribution in [2.24, 2.45) is 21.1 Å². The summed E-state index contributed by atoms with van der Waals surface area (Å²) in [6, 6.07) is 6.45. The minimum atomic E-state index is 0.825. The highest BCUT2D eigenvalue weighted by atomic mass is 15.3. The first kappa shape index (κ1) is 17.4. The van der Waals surface area contributed by atoms with E-state index in [4.69, 9.17) is 0 Å². The van der Waals surface area contributed by atoms with Gasteiger partial charge in [-0.2, -0.15) is 15.3 Å². The van der Waals surface area contributed by atoms with Gasteiger partial charge in [0.15, 0.2) is 0 Å². The van der Waals surface area contributed by atoms with Gasteiger partial charge in [-0.05, 0) is 39.0 Å². The van der Waals surface area contributed by atoms with Gasteiger partial charge >= 0.3 is 0 Å². The topological polar surface area (TPSA) is 56.7 Å². The van der Waals surface area contributed by atoms with Crippen molar-refractivity contribution < 1.29 is 0 Å². The third kappa shape index (κ3) is 3.99. The summed E-state index contributed by atoms with van der Waals surface area (Å²) in [6.07, 6.45) is 0. The van der Waals surface area contributed by atoms with Crippen LogP contribution in [0.1, 0.15) is 34.2 Å². The average molecular weight is 341 g/mol. The van der Waals surface area contributed by atoms with Crippen LogP contribution in [0.15, 0.2) is 18.2 Å². The Morgan fingerprint density at radius 3 is 1.12 bits per heavy atom. The van der Waals surface area contributed by atoms with Crippen LogP contribution in [0.5, 0.6) is 0 Å². The Hall–Kier alpha value is -2.41. The molecule has 25 heavy (non-hydrogen) atoms. The van der Waals surface area contributed by atoms with E-state index in [1.165, 1.54) is 17.1 Å². The van der Waals surface area contributed by atoms with Crippen LogP contribution in [0, 0.1) is 20.8 Å². The minimum Gasteiger partial charge on any atom is -0.286 e. The monoisotopic (exact) mass is 341 g/mol. The SMILES string of the molecule is Cc1cc(CN(Cc2cc(C)nn2C)Cc2cc(C)nn2C)n(C)n1. The lowest BCUT2D eigenvalue weighted by Crippen LogP contribution is -2.26. The Labute approximate surface area is 148 Å². The largest absolute Gasteiger partial charge is 0.286 e. The highest BCUT2D eigenvalue weighted by molar-refractivity contribution is 5.13. The Morgan fingerprint density at radius 2 is 0.920 bits per heavy atom. The van der Waals surface area contributed by atoms with Gasteiger partial charge in [0, 0.05) is 40.8 Å². The van der Waals surface area contributed by atoms with Gasteiger partial charge in [-0.1, -0.05) is 0 Å². The Bertz CT molecular complexity index is 754. The van der Waals surface area contributed by atoms with Gasteiger partial charge in [0.25, 0.3) is 0 Å². The molecule has 7 nitrogen and oxygen atoms in total. The van der Waals surface area contributed by atoms with E-state index in [1.807, 2.05) is 56.0 Å². The maximum atomic E-state index is 4.48. The lowest BCUT2D eigenvalue weighted by molar-refractivity contribution is 0.228. The van der Waals surface area contributed by atoms with E-state index in [1.54, 1.807) is 0 Å². The molecule has 0 bridgehead atoms. The van der Waals surface area contributed by atoms with Crippen LogP contribution in [0.2, 0.25) is 0 Å². The molecule has 0 atom stereocenters. The zero-order valence-corrected chi connectivity index (χ0v) is 16.0. The van der Waals surface area contributed by atoms with Crippen LogP contribution < -0.4 is 0 Å². The molecule has 7 heteroatoms. The van der Waals surface area contributed by atoms with Crippen LogP contribution in [-0.2, 0) is 40.8 Å². The van der Waals surface area contributed by atoms with E-state index in [-0.39, 0.29) is 0 Å².